The van der Waals surface area contributed by atoms with Crippen LogP contribution in [0.1, 0.15) is 0 Å². The Morgan fingerprint density at radius 3 is 2.76 bits per heavy atom. The minimum Gasteiger partial charge on any atom is -0.481 e. The van der Waals surface area contributed by atoms with Gasteiger partial charge in [-0.05, 0) is 18.1 Å². The standard InChI is InChI=1S/C16H20N2O3/c1-17-7-9-18(10-8-17)6-2-3-11-19-14-4-5-15-16(12-14)21-13-20-15/h4-5,12H,6-11,13H2,1H3/p+2. The second-order valence-corrected chi connectivity index (χ2v) is 5.54. The number of quaternary nitrogens is 2. The molecule has 1 saturated heterocycles. The monoisotopic (exact) mass is 290 g/mol. The third-order valence-electron chi connectivity index (χ3n) is 3.93. The van der Waals surface area contributed by atoms with Crippen molar-refractivity contribution >= 4 is 0 Å². The van der Waals surface area contributed by atoms with E-state index in [0.29, 0.717) is 6.61 Å². The van der Waals surface area contributed by atoms with E-state index in [4.69, 9.17) is 14.2 Å². The van der Waals surface area contributed by atoms with Crippen molar-refractivity contribution < 1.29 is 24.0 Å². The van der Waals surface area contributed by atoms with Crippen molar-refractivity contribution in [2.45, 2.75) is 0 Å². The summed E-state index contributed by atoms with van der Waals surface area (Å²) >= 11 is 0. The van der Waals surface area contributed by atoms with Crippen LogP contribution in [-0.2, 0) is 0 Å². The van der Waals surface area contributed by atoms with Gasteiger partial charge in [-0.2, -0.15) is 0 Å². The predicted molar refractivity (Wildman–Crippen MR) is 78.0 cm³/mol. The number of benzene rings is 1. The molecule has 2 N–H and O–H groups in total. The summed E-state index contributed by atoms with van der Waals surface area (Å²) in [7, 11) is 2.25. The Bertz CT molecular complexity index is 542. The van der Waals surface area contributed by atoms with Crippen molar-refractivity contribution in [3.8, 4) is 29.1 Å². The van der Waals surface area contributed by atoms with Crippen LogP contribution in [0.5, 0.6) is 17.2 Å². The number of nitrogens with one attached hydrogen (secondary N) is 2. The van der Waals surface area contributed by atoms with Crippen LogP contribution in [0.4, 0.5) is 0 Å². The maximum atomic E-state index is 5.62. The molecule has 0 atom stereocenters. The molecule has 5 heteroatoms. The van der Waals surface area contributed by atoms with Gasteiger partial charge in [-0.1, -0.05) is 5.92 Å². The zero-order chi connectivity index (χ0) is 14.5. The average molecular weight is 290 g/mol. The third-order valence-corrected chi connectivity index (χ3v) is 3.93. The molecule has 5 nitrogen and oxygen atoms in total. The lowest BCUT2D eigenvalue weighted by Crippen LogP contribution is -3.26. The van der Waals surface area contributed by atoms with Gasteiger partial charge in [0.05, 0.1) is 7.05 Å². The molecule has 3 rings (SSSR count). The molecule has 0 saturated carbocycles. The smallest absolute Gasteiger partial charge is 0.231 e. The first-order chi connectivity index (χ1) is 10.3. The topological polar surface area (TPSA) is 36.6 Å². The molecule has 0 aromatic heterocycles. The van der Waals surface area contributed by atoms with Gasteiger partial charge >= 0.3 is 0 Å². The second-order valence-electron chi connectivity index (χ2n) is 5.54. The van der Waals surface area contributed by atoms with E-state index in [-0.39, 0.29) is 6.79 Å². The Morgan fingerprint density at radius 1 is 1.10 bits per heavy atom. The number of fused-ring (bicyclic) bond motifs is 1. The van der Waals surface area contributed by atoms with E-state index >= 15 is 0 Å². The van der Waals surface area contributed by atoms with Gasteiger partial charge in [0, 0.05) is 6.07 Å². The number of hydrogen-bond acceptors (Lipinski definition) is 3. The first-order valence-corrected chi connectivity index (χ1v) is 7.44. The molecule has 0 radical (unpaired) electrons. The SMILES string of the molecule is C[NH+]1CC[NH+](CC#CCOc2ccc3c(c2)OCO3)CC1. The van der Waals surface area contributed by atoms with E-state index in [2.05, 4.69) is 18.9 Å². The van der Waals surface area contributed by atoms with Gasteiger partial charge < -0.3 is 24.0 Å². The molecule has 1 aromatic carbocycles. The lowest BCUT2D eigenvalue weighted by atomic mass is 10.3. The van der Waals surface area contributed by atoms with Crippen LogP contribution in [0.15, 0.2) is 18.2 Å². The lowest BCUT2D eigenvalue weighted by Gasteiger charge is -2.25. The maximum absolute atomic E-state index is 5.62. The third kappa shape index (κ3) is 3.81. The second kappa shape index (κ2) is 6.70. The molecule has 0 spiro atoms. The van der Waals surface area contributed by atoms with Gasteiger partial charge in [-0.15, -0.1) is 0 Å². The Balaban J connectivity index is 1.41. The fourth-order valence-corrected chi connectivity index (χ4v) is 2.53. The summed E-state index contributed by atoms with van der Waals surface area (Å²) in [5.41, 5.74) is 0. The van der Waals surface area contributed by atoms with Crippen molar-refractivity contribution in [2.24, 2.45) is 0 Å². The van der Waals surface area contributed by atoms with Gasteiger partial charge in [0.2, 0.25) is 6.79 Å². The number of likely N-dealkylation sites (N-methyl/N-ethyl adjacent to an activating group) is 1. The molecule has 2 heterocycles. The van der Waals surface area contributed by atoms with Crippen molar-refractivity contribution in [2.75, 3.05) is 53.2 Å². The van der Waals surface area contributed by atoms with Crippen LogP contribution in [0.3, 0.4) is 0 Å². The fraction of sp³-hybridized carbons (Fsp3) is 0.500. The largest absolute Gasteiger partial charge is 0.481 e. The molecule has 0 aliphatic carbocycles. The van der Waals surface area contributed by atoms with Gasteiger partial charge in [0.25, 0.3) is 0 Å². The molecule has 0 amide bonds. The number of hydrogen-bond donors (Lipinski definition) is 2. The van der Waals surface area contributed by atoms with Crippen LogP contribution < -0.4 is 24.0 Å². The van der Waals surface area contributed by atoms with E-state index in [0.717, 1.165) is 23.8 Å². The number of piperazine rings is 1. The maximum Gasteiger partial charge on any atom is 0.231 e. The minimum absolute atomic E-state index is 0.286. The van der Waals surface area contributed by atoms with Crippen LogP contribution in [0.2, 0.25) is 0 Å². The predicted octanol–water partition coefficient (Wildman–Crippen LogP) is -1.79. The molecule has 0 unspecified atom stereocenters. The lowest BCUT2D eigenvalue weighted by molar-refractivity contribution is -1.000. The molecule has 1 fully saturated rings. The highest BCUT2D eigenvalue weighted by Gasteiger charge is 2.18. The van der Waals surface area contributed by atoms with E-state index in [9.17, 15) is 0 Å². The Labute approximate surface area is 125 Å². The quantitative estimate of drug-likeness (QED) is 0.646. The highest BCUT2D eigenvalue weighted by atomic mass is 16.7. The fourth-order valence-electron chi connectivity index (χ4n) is 2.53. The van der Waals surface area contributed by atoms with Crippen molar-refractivity contribution in [1.82, 2.24) is 0 Å². The zero-order valence-corrected chi connectivity index (χ0v) is 12.4. The number of rotatable bonds is 3. The number of ether oxygens (including phenoxy) is 3. The summed E-state index contributed by atoms with van der Waals surface area (Å²) in [5.74, 6) is 8.58. The zero-order valence-electron chi connectivity index (χ0n) is 12.4. The first kappa shape index (κ1) is 14.1. The van der Waals surface area contributed by atoms with Crippen LogP contribution in [-0.4, -0.2) is 53.2 Å². The van der Waals surface area contributed by atoms with Crippen LogP contribution in [0, 0.1) is 11.8 Å². The van der Waals surface area contributed by atoms with Crippen LogP contribution in [0.25, 0.3) is 0 Å². The Kier molecular flexibility index (Phi) is 4.49. The van der Waals surface area contributed by atoms with Crippen molar-refractivity contribution in [3.05, 3.63) is 18.2 Å². The average Bonchev–Trinajstić information content (AvgIpc) is 2.96. The van der Waals surface area contributed by atoms with Gasteiger partial charge in [-0.25, -0.2) is 0 Å². The molecule has 1 aromatic rings. The van der Waals surface area contributed by atoms with Gasteiger partial charge in [-0.3, -0.25) is 0 Å². The summed E-state index contributed by atoms with van der Waals surface area (Å²) in [4.78, 5) is 3.20. The van der Waals surface area contributed by atoms with Gasteiger partial charge in [0.1, 0.15) is 45.1 Å². The molecule has 21 heavy (non-hydrogen) atoms. The van der Waals surface area contributed by atoms with Gasteiger partial charge in [0.15, 0.2) is 11.5 Å². The highest BCUT2D eigenvalue weighted by Crippen LogP contribution is 2.34. The summed E-state index contributed by atoms with van der Waals surface area (Å²) in [5, 5.41) is 0. The molecule has 112 valence electrons. The van der Waals surface area contributed by atoms with E-state index in [1.165, 1.54) is 26.2 Å². The molecular formula is C16H22N2O3+2. The minimum atomic E-state index is 0.286. The summed E-state index contributed by atoms with van der Waals surface area (Å²) in [6.45, 7) is 6.52. The van der Waals surface area contributed by atoms with Crippen molar-refractivity contribution in [3.63, 3.8) is 0 Å². The Hall–Kier alpha value is -1.90. The summed E-state index contributed by atoms with van der Waals surface area (Å²) < 4.78 is 16.2. The summed E-state index contributed by atoms with van der Waals surface area (Å²) in [6.07, 6.45) is 0. The van der Waals surface area contributed by atoms with E-state index in [1.807, 2.05) is 18.2 Å². The Morgan fingerprint density at radius 2 is 1.90 bits per heavy atom. The molecular weight excluding hydrogens is 268 g/mol. The van der Waals surface area contributed by atoms with E-state index < -0.39 is 0 Å². The molecule has 0 bridgehead atoms. The molecule has 2 aliphatic heterocycles. The van der Waals surface area contributed by atoms with Crippen molar-refractivity contribution in [1.29, 1.82) is 0 Å². The normalized spacial score (nSPS) is 23.3. The summed E-state index contributed by atoms with van der Waals surface area (Å²) in [6, 6.07) is 5.59. The van der Waals surface area contributed by atoms with Crippen LogP contribution >= 0.6 is 0 Å². The first-order valence-electron chi connectivity index (χ1n) is 7.44. The van der Waals surface area contributed by atoms with E-state index in [1.54, 1.807) is 9.80 Å². The molecule has 2 aliphatic rings. The highest BCUT2D eigenvalue weighted by molar-refractivity contribution is 5.46.